The van der Waals surface area contributed by atoms with Crippen molar-refractivity contribution in [2.24, 2.45) is 0 Å². The van der Waals surface area contributed by atoms with Gasteiger partial charge in [-0.15, -0.1) is 0 Å². The zero-order valence-electron chi connectivity index (χ0n) is 11.5. The molecule has 0 aliphatic heterocycles. The van der Waals surface area contributed by atoms with Gasteiger partial charge in [-0.2, -0.15) is 13.2 Å². The van der Waals surface area contributed by atoms with Crippen LogP contribution in [0, 0.1) is 13.8 Å². The Bertz CT molecular complexity index is 681. The van der Waals surface area contributed by atoms with Gasteiger partial charge in [0.1, 0.15) is 0 Å². The van der Waals surface area contributed by atoms with Gasteiger partial charge in [0, 0.05) is 17.5 Å². The quantitative estimate of drug-likeness (QED) is 0.910. The Kier molecular flexibility index (Phi) is 3.97. The smallest absolute Gasteiger partial charge is 0.321 e. The molecule has 0 fully saturated rings. The van der Waals surface area contributed by atoms with Crippen LogP contribution < -0.4 is 5.32 Å². The van der Waals surface area contributed by atoms with Gasteiger partial charge in [0.2, 0.25) is 0 Å². The van der Waals surface area contributed by atoms with E-state index in [1.165, 1.54) is 30.5 Å². The molecule has 1 N–H and O–H groups in total. The van der Waals surface area contributed by atoms with E-state index >= 15 is 0 Å². The number of para-hydroxylation sites is 1. The van der Waals surface area contributed by atoms with Gasteiger partial charge in [-0.25, -0.2) is 0 Å². The summed E-state index contributed by atoms with van der Waals surface area (Å²) in [6.45, 7) is 3.43. The second-order valence-corrected chi connectivity index (χ2v) is 4.57. The van der Waals surface area contributed by atoms with Crippen molar-refractivity contribution >= 4 is 11.6 Å². The number of rotatable bonds is 2. The lowest BCUT2D eigenvalue weighted by molar-refractivity contribution is -0.136. The molecule has 0 saturated heterocycles. The van der Waals surface area contributed by atoms with E-state index in [0.29, 0.717) is 16.8 Å². The highest BCUT2D eigenvalue weighted by Gasteiger charge is 2.33. The molecule has 1 heterocycles. The van der Waals surface area contributed by atoms with Crippen molar-refractivity contribution in [1.29, 1.82) is 0 Å². The number of carbonyl (C=O) groups excluding carboxylic acids is 1. The fourth-order valence-electron chi connectivity index (χ4n) is 1.92. The minimum atomic E-state index is -4.52. The van der Waals surface area contributed by atoms with Gasteiger partial charge in [0.15, 0.2) is 0 Å². The van der Waals surface area contributed by atoms with Gasteiger partial charge in [0.05, 0.1) is 11.3 Å². The molecule has 0 aliphatic rings. The first kappa shape index (κ1) is 15.0. The van der Waals surface area contributed by atoms with E-state index < -0.39 is 17.6 Å². The van der Waals surface area contributed by atoms with Crippen LogP contribution in [0.3, 0.4) is 0 Å². The largest absolute Gasteiger partial charge is 0.418 e. The molecule has 0 bridgehead atoms. The first-order valence-corrected chi connectivity index (χ1v) is 6.20. The Morgan fingerprint density at radius 1 is 1.14 bits per heavy atom. The van der Waals surface area contributed by atoms with Gasteiger partial charge >= 0.3 is 6.18 Å². The van der Waals surface area contributed by atoms with Crippen LogP contribution in [-0.4, -0.2) is 10.9 Å². The number of aromatic nitrogens is 1. The number of aryl methyl sites for hydroxylation is 1. The molecule has 2 aromatic rings. The second kappa shape index (κ2) is 5.55. The first-order valence-electron chi connectivity index (χ1n) is 6.20. The van der Waals surface area contributed by atoms with E-state index in [2.05, 4.69) is 10.3 Å². The molecule has 1 aromatic carbocycles. The molecule has 21 heavy (non-hydrogen) atoms. The molecule has 1 amide bonds. The van der Waals surface area contributed by atoms with Gasteiger partial charge in [-0.1, -0.05) is 12.1 Å². The van der Waals surface area contributed by atoms with Gasteiger partial charge in [-0.05, 0) is 37.6 Å². The molecule has 3 nitrogen and oxygen atoms in total. The molecule has 0 aliphatic carbocycles. The second-order valence-electron chi connectivity index (χ2n) is 4.57. The van der Waals surface area contributed by atoms with Crippen molar-refractivity contribution in [1.82, 2.24) is 4.98 Å². The summed E-state index contributed by atoms with van der Waals surface area (Å²) in [7, 11) is 0. The molecule has 0 saturated carbocycles. The maximum atomic E-state index is 12.9. The Morgan fingerprint density at radius 3 is 2.48 bits per heavy atom. The fourth-order valence-corrected chi connectivity index (χ4v) is 1.92. The molecular weight excluding hydrogens is 281 g/mol. The lowest BCUT2D eigenvalue weighted by Crippen LogP contribution is -2.18. The third-order valence-corrected chi connectivity index (χ3v) is 3.18. The number of halogens is 3. The van der Waals surface area contributed by atoms with E-state index in [1.54, 1.807) is 13.8 Å². The van der Waals surface area contributed by atoms with E-state index in [9.17, 15) is 18.0 Å². The maximum Gasteiger partial charge on any atom is 0.418 e. The molecule has 0 radical (unpaired) electrons. The van der Waals surface area contributed by atoms with Gasteiger partial charge in [0.25, 0.3) is 5.91 Å². The number of hydrogen-bond acceptors (Lipinski definition) is 2. The van der Waals surface area contributed by atoms with E-state index in [0.717, 1.165) is 6.07 Å². The monoisotopic (exact) mass is 294 g/mol. The average Bonchev–Trinajstić information content (AvgIpc) is 2.41. The minimum absolute atomic E-state index is 0.260. The summed E-state index contributed by atoms with van der Waals surface area (Å²) in [5, 5.41) is 2.31. The number of amides is 1. The lowest BCUT2D eigenvalue weighted by atomic mass is 10.1. The lowest BCUT2D eigenvalue weighted by Gasteiger charge is -2.14. The number of pyridine rings is 1. The molecule has 2 rings (SSSR count). The standard InChI is InChI=1S/C15H13F3N2O/c1-9-10(2)19-8-7-11(9)14(21)20-13-6-4-3-5-12(13)15(16,17)18/h3-8H,1-2H3,(H,20,21). The van der Waals surface area contributed by atoms with Crippen LogP contribution in [0.25, 0.3) is 0 Å². The topological polar surface area (TPSA) is 42.0 Å². The number of hydrogen-bond donors (Lipinski definition) is 1. The van der Waals surface area contributed by atoms with E-state index in [-0.39, 0.29) is 5.69 Å². The van der Waals surface area contributed by atoms with Crippen LogP contribution in [0.2, 0.25) is 0 Å². The summed E-state index contributed by atoms with van der Waals surface area (Å²) in [6.07, 6.45) is -3.07. The van der Waals surface area contributed by atoms with Crippen molar-refractivity contribution in [2.45, 2.75) is 20.0 Å². The molecule has 0 spiro atoms. The van der Waals surface area contributed by atoms with Crippen LogP contribution in [0.1, 0.15) is 27.2 Å². The van der Waals surface area contributed by atoms with Crippen molar-refractivity contribution in [3.05, 3.63) is 58.9 Å². The Balaban J connectivity index is 2.35. The zero-order chi connectivity index (χ0) is 15.6. The highest BCUT2D eigenvalue weighted by Crippen LogP contribution is 2.34. The normalized spacial score (nSPS) is 11.3. The first-order chi connectivity index (χ1) is 9.80. The van der Waals surface area contributed by atoms with Crippen molar-refractivity contribution in [3.8, 4) is 0 Å². The number of anilines is 1. The molecule has 6 heteroatoms. The predicted molar refractivity (Wildman–Crippen MR) is 73.1 cm³/mol. The summed E-state index contributed by atoms with van der Waals surface area (Å²) < 4.78 is 38.7. The molecule has 0 atom stereocenters. The Labute approximate surface area is 119 Å². The molecular formula is C15H13F3N2O. The summed E-state index contributed by atoms with van der Waals surface area (Å²) in [4.78, 5) is 16.2. The zero-order valence-corrected chi connectivity index (χ0v) is 11.5. The van der Waals surface area contributed by atoms with Crippen molar-refractivity contribution < 1.29 is 18.0 Å². The number of nitrogens with one attached hydrogen (secondary N) is 1. The molecule has 1 aromatic heterocycles. The molecule has 110 valence electrons. The Hall–Kier alpha value is -2.37. The fraction of sp³-hybridized carbons (Fsp3) is 0.200. The van der Waals surface area contributed by atoms with Crippen LogP contribution in [0.4, 0.5) is 18.9 Å². The van der Waals surface area contributed by atoms with Gasteiger partial charge < -0.3 is 5.32 Å². The van der Waals surface area contributed by atoms with Crippen molar-refractivity contribution in [2.75, 3.05) is 5.32 Å². The summed E-state index contributed by atoms with van der Waals surface area (Å²) in [5.41, 5.74) is 0.469. The maximum absolute atomic E-state index is 12.9. The third-order valence-electron chi connectivity index (χ3n) is 3.18. The van der Waals surface area contributed by atoms with Gasteiger partial charge in [-0.3, -0.25) is 9.78 Å². The summed E-state index contributed by atoms with van der Waals surface area (Å²) in [5.74, 6) is -0.588. The number of benzene rings is 1. The summed E-state index contributed by atoms with van der Waals surface area (Å²) >= 11 is 0. The summed E-state index contributed by atoms with van der Waals surface area (Å²) in [6, 6.07) is 6.36. The minimum Gasteiger partial charge on any atom is -0.321 e. The Morgan fingerprint density at radius 2 is 1.81 bits per heavy atom. The van der Waals surface area contributed by atoms with E-state index in [4.69, 9.17) is 0 Å². The van der Waals surface area contributed by atoms with Crippen molar-refractivity contribution in [3.63, 3.8) is 0 Å². The average molecular weight is 294 g/mol. The van der Waals surface area contributed by atoms with Crippen LogP contribution in [0.5, 0.6) is 0 Å². The van der Waals surface area contributed by atoms with E-state index in [1.807, 2.05) is 0 Å². The van der Waals surface area contributed by atoms with Crippen LogP contribution >= 0.6 is 0 Å². The number of alkyl halides is 3. The SMILES string of the molecule is Cc1nccc(C(=O)Nc2ccccc2C(F)(F)F)c1C. The molecule has 0 unspecified atom stereocenters. The highest BCUT2D eigenvalue weighted by molar-refractivity contribution is 6.05. The predicted octanol–water partition coefficient (Wildman–Crippen LogP) is 3.97. The number of carbonyl (C=O) groups is 1. The number of nitrogens with zero attached hydrogens (tertiary/aromatic N) is 1. The highest BCUT2D eigenvalue weighted by atomic mass is 19.4. The third kappa shape index (κ3) is 3.21. The van der Waals surface area contributed by atoms with Crippen LogP contribution in [-0.2, 0) is 6.18 Å². The van der Waals surface area contributed by atoms with Crippen LogP contribution in [0.15, 0.2) is 36.5 Å².